The Morgan fingerprint density at radius 1 is 1.33 bits per heavy atom. The topological polar surface area (TPSA) is 46.5 Å². The molecular formula is C13H20O3SSi. The lowest BCUT2D eigenvalue weighted by Gasteiger charge is -2.15. The Morgan fingerprint density at radius 3 is 2.61 bits per heavy atom. The maximum atomic E-state index is 10.6. The van der Waals surface area contributed by atoms with Gasteiger partial charge in [-0.2, -0.15) is 0 Å². The Balaban J connectivity index is 2.46. The average molecular weight is 284 g/mol. The maximum Gasteiger partial charge on any atom is 0.236 e. The van der Waals surface area contributed by atoms with Gasteiger partial charge in [-0.05, 0) is 22.6 Å². The van der Waals surface area contributed by atoms with E-state index in [2.05, 4.69) is 20.8 Å². The molecule has 0 saturated carbocycles. The van der Waals surface area contributed by atoms with Crippen molar-refractivity contribution in [3.63, 3.8) is 0 Å². The van der Waals surface area contributed by atoms with E-state index in [4.69, 9.17) is 8.98 Å². The van der Waals surface area contributed by atoms with Gasteiger partial charge in [0.05, 0.1) is 12.4 Å². The van der Waals surface area contributed by atoms with E-state index < -0.39 is 11.1 Å². The van der Waals surface area contributed by atoms with Crippen LogP contribution in [0, 0.1) is 0 Å². The molecule has 18 heavy (non-hydrogen) atoms. The maximum absolute atomic E-state index is 10.6. The van der Waals surface area contributed by atoms with Crippen LogP contribution in [0.15, 0.2) is 24.3 Å². The van der Waals surface area contributed by atoms with Gasteiger partial charge in [-0.15, -0.1) is 0 Å². The highest BCUT2D eigenvalue weighted by Crippen LogP contribution is 2.20. The van der Waals surface area contributed by atoms with Gasteiger partial charge >= 0.3 is 0 Å². The lowest BCUT2D eigenvalue weighted by molar-refractivity contribution is 0.309. The van der Waals surface area contributed by atoms with Gasteiger partial charge in [0.1, 0.15) is 0 Å². The fraction of sp³-hybridized carbons (Fsp3) is 0.538. The van der Waals surface area contributed by atoms with Crippen LogP contribution in [0.25, 0.3) is 0 Å². The smallest absolute Gasteiger partial charge is 0.236 e. The van der Waals surface area contributed by atoms with Crippen LogP contribution in [-0.2, 0) is 28.5 Å². The molecule has 0 heterocycles. The van der Waals surface area contributed by atoms with Crippen molar-refractivity contribution in [3.8, 4) is 0 Å². The number of aryl methyl sites for hydroxylation is 1. The predicted molar refractivity (Wildman–Crippen MR) is 76.0 cm³/mol. The van der Waals surface area contributed by atoms with Crippen molar-refractivity contribution >= 4 is 20.8 Å². The molecule has 1 unspecified atom stereocenters. The van der Waals surface area contributed by atoms with Crippen molar-refractivity contribution in [3.05, 3.63) is 35.4 Å². The van der Waals surface area contributed by atoms with E-state index in [1.807, 2.05) is 24.3 Å². The first kappa shape index (κ1) is 15.6. The molecule has 0 aromatic heterocycles. The van der Waals surface area contributed by atoms with E-state index >= 15 is 0 Å². The van der Waals surface area contributed by atoms with Crippen LogP contribution in [0.1, 0.15) is 31.9 Å². The van der Waals surface area contributed by atoms with Crippen LogP contribution >= 0.6 is 0 Å². The minimum Gasteiger partial charge on any atom is -0.413 e. The predicted octanol–water partition coefficient (Wildman–Crippen LogP) is 2.81. The fourth-order valence-corrected chi connectivity index (χ4v) is 2.50. The van der Waals surface area contributed by atoms with Gasteiger partial charge in [-0.1, -0.05) is 45.0 Å². The summed E-state index contributed by atoms with van der Waals surface area (Å²) < 4.78 is 25.1. The van der Waals surface area contributed by atoms with Crippen molar-refractivity contribution in [2.75, 3.05) is 5.75 Å². The van der Waals surface area contributed by atoms with Gasteiger partial charge in [0.15, 0.2) is 11.1 Å². The molecule has 0 amide bonds. The zero-order chi connectivity index (χ0) is 13.6. The molecule has 0 bridgehead atoms. The van der Waals surface area contributed by atoms with Crippen LogP contribution in [0.5, 0.6) is 0 Å². The highest BCUT2D eigenvalue weighted by Gasteiger charge is 2.13. The lowest BCUT2D eigenvalue weighted by atomic mass is 10.1. The van der Waals surface area contributed by atoms with Gasteiger partial charge < -0.3 is 8.98 Å². The molecule has 1 aromatic rings. The van der Waals surface area contributed by atoms with E-state index in [1.165, 1.54) is 0 Å². The third-order valence-corrected chi connectivity index (χ3v) is 3.63. The highest BCUT2D eigenvalue weighted by molar-refractivity contribution is 7.79. The Labute approximate surface area is 114 Å². The number of rotatable bonds is 6. The SMILES string of the molecule is CC(C)(C)[Si]OCc1cccc(CCS(=O)O)c1. The van der Waals surface area contributed by atoms with E-state index in [1.54, 1.807) is 0 Å². The summed E-state index contributed by atoms with van der Waals surface area (Å²) in [6, 6.07) is 8.00. The standard InChI is InChI=1S/C13H20O3SSi/c1-13(2,3)18-16-10-12-6-4-5-11(9-12)7-8-17(14)15/h4-6,9H,7-8,10H2,1-3H3,(H,14,15). The molecule has 1 atom stereocenters. The minimum absolute atomic E-state index is 0.200. The largest absolute Gasteiger partial charge is 0.413 e. The number of benzene rings is 1. The molecule has 1 rings (SSSR count). The molecule has 100 valence electrons. The summed E-state index contributed by atoms with van der Waals surface area (Å²) >= 11 is -1.72. The van der Waals surface area contributed by atoms with Gasteiger partial charge in [0.25, 0.3) is 0 Å². The second-order valence-electron chi connectivity index (χ2n) is 5.24. The highest BCUT2D eigenvalue weighted by atomic mass is 32.2. The third-order valence-electron chi connectivity index (χ3n) is 2.17. The Hall–Kier alpha value is -0.493. The normalized spacial score (nSPS) is 13.6. The molecular weight excluding hydrogens is 264 g/mol. The first-order valence-electron chi connectivity index (χ1n) is 5.91. The molecule has 0 aliphatic heterocycles. The Morgan fingerprint density at radius 2 is 2.00 bits per heavy atom. The zero-order valence-electron chi connectivity index (χ0n) is 11.1. The average Bonchev–Trinajstić information content (AvgIpc) is 2.25. The Bertz CT molecular complexity index is 401. The molecule has 5 heteroatoms. The molecule has 0 saturated heterocycles. The number of hydrogen-bond donors (Lipinski definition) is 1. The molecule has 0 fully saturated rings. The number of hydrogen-bond acceptors (Lipinski definition) is 2. The molecule has 0 spiro atoms. The third kappa shape index (κ3) is 7.06. The van der Waals surface area contributed by atoms with Gasteiger partial charge in [-0.25, -0.2) is 4.21 Å². The molecule has 0 aliphatic carbocycles. The summed E-state index contributed by atoms with van der Waals surface area (Å²) in [4.78, 5) is 0. The quantitative estimate of drug-likeness (QED) is 0.645. The monoisotopic (exact) mass is 284 g/mol. The van der Waals surface area contributed by atoms with Crippen LogP contribution in [0.2, 0.25) is 5.04 Å². The molecule has 2 radical (unpaired) electrons. The van der Waals surface area contributed by atoms with Crippen molar-refractivity contribution < 1.29 is 13.2 Å². The van der Waals surface area contributed by atoms with Gasteiger partial charge in [-0.3, -0.25) is 0 Å². The summed E-state index contributed by atoms with van der Waals surface area (Å²) in [6.07, 6.45) is 0.624. The molecule has 3 nitrogen and oxygen atoms in total. The molecule has 1 aromatic carbocycles. The van der Waals surface area contributed by atoms with Crippen molar-refractivity contribution in [1.82, 2.24) is 0 Å². The van der Waals surface area contributed by atoms with Crippen LogP contribution in [0.4, 0.5) is 0 Å². The van der Waals surface area contributed by atoms with Gasteiger partial charge in [0, 0.05) is 0 Å². The molecule has 0 aliphatic rings. The first-order chi connectivity index (χ1) is 8.37. The first-order valence-corrected chi connectivity index (χ1v) is 8.09. The zero-order valence-corrected chi connectivity index (χ0v) is 12.9. The van der Waals surface area contributed by atoms with E-state index in [0.29, 0.717) is 22.8 Å². The second-order valence-corrected chi connectivity index (χ2v) is 8.28. The van der Waals surface area contributed by atoms with Crippen LogP contribution < -0.4 is 0 Å². The molecule has 1 N–H and O–H groups in total. The van der Waals surface area contributed by atoms with E-state index in [9.17, 15) is 4.21 Å². The van der Waals surface area contributed by atoms with Crippen molar-refractivity contribution in [2.24, 2.45) is 0 Å². The fourth-order valence-electron chi connectivity index (χ4n) is 1.42. The Kier molecular flexibility index (Phi) is 6.21. The minimum atomic E-state index is -1.72. The van der Waals surface area contributed by atoms with Gasteiger partial charge in [0.2, 0.25) is 9.76 Å². The van der Waals surface area contributed by atoms with Crippen molar-refractivity contribution in [1.29, 1.82) is 0 Å². The summed E-state index contributed by atoms with van der Waals surface area (Å²) in [6.45, 7) is 7.06. The van der Waals surface area contributed by atoms with E-state index in [0.717, 1.165) is 11.1 Å². The van der Waals surface area contributed by atoms with Crippen LogP contribution in [0.3, 0.4) is 0 Å². The lowest BCUT2D eigenvalue weighted by Crippen LogP contribution is -2.12. The van der Waals surface area contributed by atoms with Crippen LogP contribution in [-0.4, -0.2) is 24.3 Å². The summed E-state index contributed by atoms with van der Waals surface area (Å²) in [5.41, 5.74) is 2.20. The summed E-state index contributed by atoms with van der Waals surface area (Å²) in [5, 5.41) is 0.200. The second kappa shape index (κ2) is 7.18. The van der Waals surface area contributed by atoms with Crippen molar-refractivity contribution in [2.45, 2.75) is 38.8 Å². The summed E-state index contributed by atoms with van der Waals surface area (Å²) in [5.74, 6) is 0.286. The van der Waals surface area contributed by atoms with E-state index in [-0.39, 0.29) is 10.8 Å². The summed E-state index contributed by atoms with van der Waals surface area (Å²) in [7, 11) is 0.472.